The third-order valence-electron chi connectivity index (χ3n) is 9.53. The van der Waals surface area contributed by atoms with Crippen LogP contribution in [0.2, 0.25) is 0 Å². The lowest BCUT2D eigenvalue weighted by Gasteiger charge is -2.12. The van der Waals surface area contributed by atoms with Crippen molar-refractivity contribution in [3.05, 3.63) is 169 Å². The van der Waals surface area contributed by atoms with Crippen molar-refractivity contribution in [3.8, 4) is 33.4 Å². The predicted molar refractivity (Wildman–Crippen MR) is 206 cm³/mol. The minimum Gasteiger partial charge on any atom is -0.339 e. The van der Waals surface area contributed by atoms with E-state index in [0.29, 0.717) is 11.6 Å². The topological polar surface area (TPSA) is 74.6 Å². The summed E-state index contributed by atoms with van der Waals surface area (Å²) < 4.78 is 0. The first-order valence-electron chi connectivity index (χ1n) is 16.6. The molecular formula is C44H28N6. The van der Waals surface area contributed by atoms with Crippen LogP contribution in [0.25, 0.3) is 54.9 Å². The van der Waals surface area contributed by atoms with E-state index in [1.54, 1.807) is 12.4 Å². The smallest absolute Gasteiger partial charge is 0.154 e. The Morgan fingerprint density at radius 2 is 0.840 bits per heavy atom. The van der Waals surface area contributed by atoms with E-state index in [1.807, 2.05) is 36.4 Å². The minimum absolute atomic E-state index is 0.683. The van der Waals surface area contributed by atoms with Gasteiger partial charge in [-0.25, -0.2) is 20.0 Å². The van der Waals surface area contributed by atoms with Crippen LogP contribution in [0.1, 0.15) is 11.1 Å². The standard InChI is InChI=1S/C44H28N6/c1-3-23-45-39(17-1)49-43-35-15-7-13-33-31(19-21-37(47-43)41(33)35)29-11-5-9-27(25-29)28-10-6-12-30(26-28)32-20-22-38-42-34(32)14-8-16-36(42)44(48-38)50-40-18-2-4-24-46-40/h1-26H,(H,45,47,49)(H,46,48,50). The number of aliphatic imine (C=N–C) groups is 2. The summed E-state index contributed by atoms with van der Waals surface area (Å²) in [6, 6.07) is 50.9. The number of hydrogen-bond donors (Lipinski definition) is 2. The third kappa shape index (κ3) is 4.65. The Labute approximate surface area is 288 Å². The number of benzene rings is 6. The van der Waals surface area contributed by atoms with Gasteiger partial charge in [-0.05, 0) is 92.7 Å². The van der Waals surface area contributed by atoms with Crippen LogP contribution in [-0.2, 0) is 0 Å². The fourth-order valence-corrected chi connectivity index (χ4v) is 7.29. The van der Waals surface area contributed by atoms with Gasteiger partial charge in [0.1, 0.15) is 11.7 Å². The Bertz CT molecular complexity index is 2510. The van der Waals surface area contributed by atoms with Crippen molar-refractivity contribution in [2.45, 2.75) is 0 Å². The van der Waals surface area contributed by atoms with Crippen LogP contribution in [0.15, 0.2) is 168 Å². The third-order valence-corrected chi connectivity index (χ3v) is 9.53. The highest BCUT2D eigenvalue weighted by Gasteiger charge is 2.23. The van der Waals surface area contributed by atoms with Gasteiger partial charge in [-0.1, -0.05) is 97.1 Å². The van der Waals surface area contributed by atoms with Crippen molar-refractivity contribution < 1.29 is 0 Å². The second-order valence-electron chi connectivity index (χ2n) is 12.5. The fraction of sp³-hybridized carbons (Fsp3) is 0. The average molecular weight is 641 g/mol. The highest BCUT2D eigenvalue weighted by molar-refractivity contribution is 6.29. The Morgan fingerprint density at radius 3 is 1.30 bits per heavy atom. The van der Waals surface area contributed by atoms with Crippen LogP contribution in [-0.4, -0.2) is 21.6 Å². The maximum Gasteiger partial charge on any atom is 0.154 e. The van der Waals surface area contributed by atoms with Gasteiger partial charge in [0.05, 0.1) is 0 Å². The first-order valence-corrected chi connectivity index (χ1v) is 16.6. The van der Waals surface area contributed by atoms with E-state index in [2.05, 4.69) is 130 Å². The molecule has 10 rings (SSSR count). The van der Waals surface area contributed by atoms with E-state index < -0.39 is 0 Å². The number of aromatic nitrogens is 2. The molecule has 2 N–H and O–H groups in total. The average Bonchev–Trinajstić information content (AvgIpc) is 3.72. The summed E-state index contributed by atoms with van der Waals surface area (Å²) in [6.45, 7) is 0. The molecule has 2 aliphatic heterocycles. The summed E-state index contributed by atoms with van der Waals surface area (Å²) in [5.74, 6) is 3.01. The summed E-state index contributed by atoms with van der Waals surface area (Å²) in [4.78, 5) is 18.5. The molecule has 0 amide bonds. The molecule has 0 atom stereocenters. The Morgan fingerprint density at radius 1 is 0.380 bits per heavy atom. The molecule has 0 aliphatic carbocycles. The number of pyridine rings is 2. The molecule has 234 valence electrons. The van der Waals surface area contributed by atoms with Gasteiger partial charge >= 0.3 is 0 Å². The van der Waals surface area contributed by atoms with Crippen molar-refractivity contribution in [2.24, 2.45) is 9.98 Å². The van der Waals surface area contributed by atoms with E-state index in [9.17, 15) is 0 Å². The highest BCUT2D eigenvalue weighted by atomic mass is 15.1. The zero-order valence-electron chi connectivity index (χ0n) is 26.8. The van der Waals surface area contributed by atoms with Crippen molar-refractivity contribution in [1.29, 1.82) is 0 Å². The zero-order chi connectivity index (χ0) is 33.0. The molecule has 2 aliphatic rings. The number of rotatable bonds is 5. The maximum atomic E-state index is 4.82. The predicted octanol–water partition coefficient (Wildman–Crippen LogP) is 10.8. The molecule has 0 saturated carbocycles. The second-order valence-corrected chi connectivity index (χ2v) is 12.5. The molecule has 50 heavy (non-hydrogen) atoms. The van der Waals surface area contributed by atoms with E-state index >= 15 is 0 Å². The Kier molecular flexibility index (Phi) is 6.39. The van der Waals surface area contributed by atoms with E-state index in [4.69, 9.17) is 9.98 Å². The second kappa shape index (κ2) is 11.4. The molecule has 4 heterocycles. The molecular weight excluding hydrogens is 613 g/mol. The van der Waals surface area contributed by atoms with Crippen LogP contribution < -0.4 is 10.6 Å². The SMILES string of the molecule is c1ccc(/N=C2\Nc3ccc(-c4cccc(-c5cccc(-c6ccc7c8c(cccc68)/C(=N/c6ccccn6)N7)c5)c4)c4cccc2c34)nc1. The summed E-state index contributed by atoms with van der Waals surface area (Å²) >= 11 is 0. The van der Waals surface area contributed by atoms with Crippen LogP contribution in [0.3, 0.4) is 0 Å². The molecule has 0 bridgehead atoms. The summed E-state index contributed by atoms with van der Waals surface area (Å²) in [5, 5.41) is 11.8. The number of nitrogens with one attached hydrogen (secondary N) is 2. The lowest BCUT2D eigenvalue weighted by atomic mass is 9.91. The van der Waals surface area contributed by atoms with Gasteiger partial charge < -0.3 is 10.6 Å². The molecule has 0 fully saturated rings. The number of anilines is 2. The molecule has 2 aromatic heterocycles. The van der Waals surface area contributed by atoms with Crippen LogP contribution in [0.4, 0.5) is 23.0 Å². The molecule has 0 radical (unpaired) electrons. The first kappa shape index (κ1) is 28.1. The van der Waals surface area contributed by atoms with E-state index in [-0.39, 0.29) is 0 Å². The van der Waals surface area contributed by atoms with E-state index in [0.717, 1.165) is 34.2 Å². The zero-order valence-corrected chi connectivity index (χ0v) is 26.8. The molecule has 0 saturated heterocycles. The summed E-state index contributed by atoms with van der Waals surface area (Å²) in [7, 11) is 0. The minimum atomic E-state index is 0.683. The Balaban J connectivity index is 1.03. The van der Waals surface area contributed by atoms with Crippen LogP contribution in [0.5, 0.6) is 0 Å². The molecule has 8 aromatic rings. The van der Waals surface area contributed by atoms with Crippen molar-refractivity contribution in [1.82, 2.24) is 9.97 Å². The van der Waals surface area contributed by atoms with Crippen LogP contribution >= 0.6 is 0 Å². The first-order chi connectivity index (χ1) is 24.8. The van der Waals surface area contributed by atoms with Gasteiger partial charge in [-0.3, -0.25) is 0 Å². The van der Waals surface area contributed by atoms with Gasteiger partial charge in [0.25, 0.3) is 0 Å². The van der Waals surface area contributed by atoms with Crippen molar-refractivity contribution >= 4 is 56.2 Å². The Hall–Kier alpha value is -6.92. The molecule has 6 aromatic carbocycles. The van der Waals surface area contributed by atoms with Crippen molar-refractivity contribution in [2.75, 3.05) is 10.6 Å². The monoisotopic (exact) mass is 640 g/mol. The van der Waals surface area contributed by atoms with Gasteiger partial charge in [0.2, 0.25) is 0 Å². The number of hydrogen-bond acceptors (Lipinski definition) is 4. The van der Waals surface area contributed by atoms with Gasteiger partial charge in [-0.2, -0.15) is 0 Å². The van der Waals surface area contributed by atoms with Gasteiger partial charge in [0, 0.05) is 45.7 Å². The highest BCUT2D eigenvalue weighted by Crippen LogP contribution is 2.42. The normalized spacial score (nSPS) is 14.4. The lowest BCUT2D eigenvalue weighted by Crippen LogP contribution is -2.06. The molecule has 6 nitrogen and oxygen atoms in total. The largest absolute Gasteiger partial charge is 0.339 e. The molecule has 0 unspecified atom stereocenters. The van der Waals surface area contributed by atoms with Crippen LogP contribution in [0, 0.1) is 0 Å². The van der Waals surface area contributed by atoms with E-state index in [1.165, 1.54) is 54.9 Å². The molecule has 6 heteroatoms. The fourth-order valence-electron chi connectivity index (χ4n) is 7.29. The quantitative estimate of drug-likeness (QED) is 0.196. The lowest BCUT2D eigenvalue weighted by molar-refractivity contribution is 1.27. The van der Waals surface area contributed by atoms with Gasteiger partial charge in [0.15, 0.2) is 11.6 Å². The number of nitrogens with zero attached hydrogens (tertiary/aromatic N) is 4. The van der Waals surface area contributed by atoms with Crippen molar-refractivity contribution in [3.63, 3.8) is 0 Å². The maximum absolute atomic E-state index is 4.82. The summed E-state index contributed by atoms with van der Waals surface area (Å²) in [5.41, 5.74) is 11.4. The molecule has 0 spiro atoms. The number of amidine groups is 2. The summed E-state index contributed by atoms with van der Waals surface area (Å²) in [6.07, 6.45) is 3.53. The van der Waals surface area contributed by atoms with Gasteiger partial charge in [-0.15, -0.1) is 0 Å².